The molecule has 0 aromatic carbocycles. The standard InChI is InChI=1S/C15H27N3O2/c1-11-10-18(9-8-16-11)15(20)14(17-12(2)19)13-6-4-3-5-7-13/h11,13-14,16H,3-10H2,1-2H3,(H,17,19)/t11-,14-/m0/s1. The molecule has 2 fully saturated rings. The van der Waals surface area contributed by atoms with Crippen LogP contribution in [0.3, 0.4) is 0 Å². The third-order valence-corrected chi connectivity index (χ3v) is 4.43. The summed E-state index contributed by atoms with van der Waals surface area (Å²) in [4.78, 5) is 26.1. The van der Waals surface area contributed by atoms with Crippen LogP contribution in [0.2, 0.25) is 0 Å². The molecule has 0 spiro atoms. The Bertz CT molecular complexity index is 353. The summed E-state index contributed by atoms with van der Waals surface area (Å²) in [6.45, 7) is 5.91. The van der Waals surface area contributed by atoms with Crippen LogP contribution in [0.4, 0.5) is 0 Å². The minimum atomic E-state index is -0.321. The molecule has 0 unspecified atom stereocenters. The zero-order chi connectivity index (χ0) is 14.5. The third-order valence-electron chi connectivity index (χ3n) is 4.43. The summed E-state index contributed by atoms with van der Waals surface area (Å²) in [7, 11) is 0. The Morgan fingerprint density at radius 2 is 1.95 bits per heavy atom. The first-order valence-electron chi connectivity index (χ1n) is 7.87. The van der Waals surface area contributed by atoms with Crippen molar-refractivity contribution in [3.8, 4) is 0 Å². The Labute approximate surface area is 121 Å². The number of carbonyl (C=O) groups excluding carboxylic acids is 2. The van der Waals surface area contributed by atoms with Crippen molar-refractivity contribution in [3.05, 3.63) is 0 Å². The Morgan fingerprint density at radius 1 is 1.25 bits per heavy atom. The average molecular weight is 281 g/mol. The van der Waals surface area contributed by atoms with Crippen LogP contribution in [0, 0.1) is 5.92 Å². The van der Waals surface area contributed by atoms with E-state index < -0.39 is 0 Å². The molecule has 114 valence electrons. The fraction of sp³-hybridized carbons (Fsp3) is 0.867. The van der Waals surface area contributed by atoms with Crippen molar-refractivity contribution in [2.45, 2.75) is 58.0 Å². The summed E-state index contributed by atoms with van der Waals surface area (Å²) in [6, 6.07) is 0.00938. The molecule has 5 nitrogen and oxygen atoms in total. The zero-order valence-electron chi connectivity index (χ0n) is 12.7. The quantitative estimate of drug-likeness (QED) is 0.808. The van der Waals surface area contributed by atoms with Crippen LogP contribution in [0.1, 0.15) is 46.0 Å². The number of rotatable bonds is 3. The summed E-state index contributed by atoms with van der Waals surface area (Å²) >= 11 is 0. The predicted molar refractivity (Wildman–Crippen MR) is 78.2 cm³/mol. The van der Waals surface area contributed by atoms with Gasteiger partial charge in [-0.15, -0.1) is 0 Å². The van der Waals surface area contributed by atoms with Gasteiger partial charge >= 0.3 is 0 Å². The van der Waals surface area contributed by atoms with E-state index in [1.54, 1.807) is 0 Å². The maximum Gasteiger partial charge on any atom is 0.245 e. The molecule has 1 saturated carbocycles. The number of hydrogen-bond acceptors (Lipinski definition) is 3. The fourth-order valence-corrected chi connectivity index (χ4v) is 3.40. The van der Waals surface area contributed by atoms with E-state index in [-0.39, 0.29) is 17.9 Å². The Kier molecular flexibility index (Phi) is 5.40. The van der Waals surface area contributed by atoms with Crippen LogP contribution in [-0.2, 0) is 9.59 Å². The van der Waals surface area contributed by atoms with Crippen molar-refractivity contribution in [1.82, 2.24) is 15.5 Å². The van der Waals surface area contributed by atoms with Gasteiger partial charge in [0.2, 0.25) is 11.8 Å². The highest BCUT2D eigenvalue weighted by Crippen LogP contribution is 2.27. The molecule has 0 radical (unpaired) electrons. The Hall–Kier alpha value is -1.10. The highest BCUT2D eigenvalue weighted by Gasteiger charge is 2.34. The first kappa shape index (κ1) is 15.3. The number of carbonyl (C=O) groups is 2. The van der Waals surface area contributed by atoms with E-state index in [0.717, 1.165) is 32.5 Å². The second-order valence-electron chi connectivity index (χ2n) is 6.22. The summed E-state index contributed by atoms with van der Waals surface area (Å²) < 4.78 is 0. The number of hydrogen-bond donors (Lipinski definition) is 2. The molecule has 0 bridgehead atoms. The molecule has 1 heterocycles. The number of nitrogens with one attached hydrogen (secondary N) is 2. The SMILES string of the molecule is CC(=O)N[C@H](C(=O)N1CCN[C@@H](C)C1)C1CCCCC1. The first-order valence-corrected chi connectivity index (χ1v) is 7.87. The lowest BCUT2D eigenvalue weighted by Gasteiger charge is -2.37. The molecule has 0 aromatic rings. The third kappa shape index (κ3) is 3.95. The van der Waals surface area contributed by atoms with Gasteiger partial charge in [0.1, 0.15) is 6.04 Å². The van der Waals surface area contributed by atoms with Gasteiger partial charge in [-0.25, -0.2) is 0 Å². The molecule has 2 amide bonds. The van der Waals surface area contributed by atoms with Gasteiger partial charge in [0.05, 0.1) is 0 Å². The monoisotopic (exact) mass is 281 g/mol. The number of nitrogens with zero attached hydrogens (tertiary/aromatic N) is 1. The van der Waals surface area contributed by atoms with Crippen molar-refractivity contribution < 1.29 is 9.59 Å². The summed E-state index contributed by atoms with van der Waals surface area (Å²) in [6.07, 6.45) is 5.71. The maximum atomic E-state index is 12.8. The summed E-state index contributed by atoms with van der Waals surface area (Å²) in [5.41, 5.74) is 0. The van der Waals surface area contributed by atoms with E-state index in [2.05, 4.69) is 17.6 Å². The smallest absolute Gasteiger partial charge is 0.245 e. The van der Waals surface area contributed by atoms with Crippen molar-refractivity contribution in [2.75, 3.05) is 19.6 Å². The van der Waals surface area contributed by atoms with Gasteiger partial charge in [-0.05, 0) is 25.7 Å². The molecule has 0 aromatic heterocycles. The molecule has 1 aliphatic carbocycles. The Morgan fingerprint density at radius 3 is 2.55 bits per heavy atom. The van der Waals surface area contributed by atoms with Crippen LogP contribution < -0.4 is 10.6 Å². The van der Waals surface area contributed by atoms with Gasteiger partial charge in [0, 0.05) is 32.6 Å². The summed E-state index contributed by atoms with van der Waals surface area (Å²) in [5.74, 6) is 0.322. The first-order chi connectivity index (χ1) is 9.58. The lowest BCUT2D eigenvalue weighted by Crippen LogP contribution is -2.58. The molecule has 5 heteroatoms. The Balaban J connectivity index is 2.04. The second kappa shape index (κ2) is 7.07. The molecule has 2 rings (SSSR count). The van der Waals surface area contributed by atoms with E-state index in [1.165, 1.54) is 26.2 Å². The lowest BCUT2D eigenvalue weighted by atomic mass is 9.83. The van der Waals surface area contributed by atoms with E-state index in [9.17, 15) is 9.59 Å². The van der Waals surface area contributed by atoms with Crippen molar-refractivity contribution in [1.29, 1.82) is 0 Å². The van der Waals surface area contributed by atoms with Crippen LogP contribution in [-0.4, -0.2) is 48.4 Å². The minimum Gasteiger partial charge on any atom is -0.344 e. The van der Waals surface area contributed by atoms with E-state index in [4.69, 9.17) is 0 Å². The molecule has 1 saturated heterocycles. The van der Waals surface area contributed by atoms with Gasteiger partial charge in [-0.3, -0.25) is 9.59 Å². The van der Waals surface area contributed by atoms with Crippen molar-refractivity contribution in [2.24, 2.45) is 5.92 Å². The van der Waals surface area contributed by atoms with E-state index in [1.807, 2.05) is 4.90 Å². The van der Waals surface area contributed by atoms with Gasteiger partial charge in [-0.2, -0.15) is 0 Å². The second-order valence-corrected chi connectivity index (χ2v) is 6.22. The van der Waals surface area contributed by atoms with Crippen LogP contribution in [0.5, 0.6) is 0 Å². The van der Waals surface area contributed by atoms with Crippen LogP contribution in [0.15, 0.2) is 0 Å². The van der Waals surface area contributed by atoms with Crippen molar-refractivity contribution >= 4 is 11.8 Å². The van der Waals surface area contributed by atoms with Crippen molar-refractivity contribution in [3.63, 3.8) is 0 Å². The number of piperazine rings is 1. The van der Waals surface area contributed by atoms with E-state index >= 15 is 0 Å². The highest BCUT2D eigenvalue weighted by atomic mass is 16.2. The topological polar surface area (TPSA) is 61.4 Å². The van der Waals surface area contributed by atoms with Gasteiger partial charge in [-0.1, -0.05) is 19.3 Å². The largest absolute Gasteiger partial charge is 0.344 e. The average Bonchev–Trinajstić information content (AvgIpc) is 2.45. The van der Waals surface area contributed by atoms with Gasteiger partial charge in [0.25, 0.3) is 0 Å². The lowest BCUT2D eigenvalue weighted by molar-refractivity contribution is -0.139. The minimum absolute atomic E-state index is 0.0999. The molecule has 2 aliphatic rings. The normalized spacial score (nSPS) is 26.1. The molecule has 1 aliphatic heterocycles. The van der Waals surface area contributed by atoms with Gasteiger partial charge in [0.15, 0.2) is 0 Å². The fourth-order valence-electron chi connectivity index (χ4n) is 3.40. The molecule has 2 N–H and O–H groups in total. The predicted octanol–water partition coefficient (Wildman–Crippen LogP) is 0.892. The number of amides is 2. The maximum absolute atomic E-state index is 12.8. The molecular formula is C15H27N3O2. The van der Waals surface area contributed by atoms with Crippen LogP contribution >= 0.6 is 0 Å². The molecule has 20 heavy (non-hydrogen) atoms. The van der Waals surface area contributed by atoms with Gasteiger partial charge < -0.3 is 15.5 Å². The zero-order valence-corrected chi connectivity index (χ0v) is 12.7. The molecule has 2 atom stereocenters. The van der Waals surface area contributed by atoms with Crippen LogP contribution in [0.25, 0.3) is 0 Å². The van der Waals surface area contributed by atoms with E-state index in [0.29, 0.717) is 12.0 Å². The highest BCUT2D eigenvalue weighted by molar-refractivity contribution is 5.87. The molecular weight excluding hydrogens is 254 g/mol. The summed E-state index contributed by atoms with van der Waals surface area (Å²) in [5, 5.41) is 6.26.